The van der Waals surface area contributed by atoms with E-state index in [4.69, 9.17) is 5.11 Å². The average Bonchev–Trinajstić information content (AvgIpc) is 2.09. The monoisotopic (exact) mass is 167 g/mol. The number of pyridine rings is 1. The summed E-state index contributed by atoms with van der Waals surface area (Å²) in [5.41, 5.74) is 0.0356. The first kappa shape index (κ1) is 9.00. The Hall–Kier alpha value is -1.09. The van der Waals surface area contributed by atoms with Crippen molar-refractivity contribution in [3.05, 3.63) is 34.7 Å². The highest BCUT2D eigenvalue weighted by molar-refractivity contribution is 4.93. The first-order chi connectivity index (χ1) is 5.83. The fourth-order valence-electron chi connectivity index (χ4n) is 0.999. The number of rotatable bonds is 4. The Kier molecular flexibility index (Phi) is 3.54. The maximum Gasteiger partial charge on any atom is 0.181 e. The normalized spacial score (nSPS) is 10.1. The molecule has 66 valence electrons. The molecule has 0 aliphatic heterocycles. The van der Waals surface area contributed by atoms with E-state index in [0.717, 1.165) is 19.4 Å². The molecule has 0 saturated heterocycles. The Morgan fingerprint density at radius 1 is 1.25 bits per heavy atom. The summed E-state index contributed by atoms with van der Waals surface area (Å²) in [6, 6.07) is 3.08. The van der Waals surface area contributed by atoms with Gasteiger partial charge in [0.05, 0.1) is 0 Å². The van der Waals surface area contributed by atoms with Gasteiger partial charge in [-0.3, -0.25) is 4.79 Å². The zero-order chi connectivity index (χ0) is 8.81. The van der Waals surface area contributed by atoms with Crippen LogP contribution in [-0.2, 0) is 6.54 Å². The minimum absolute atomic E-state index is 0.0356. The number of unbranched alkanes of at least 4 members (excludes halogenated alkanes) is 1. The third kappa shape index (κ3) is 2.88. The number of aliphatic hydroxyl groups excluding tert-OH is 1. The third-order valence-electron chi connectivity index (χ3n) is 1.68. The lowest BCUT2D eigenvalue weighted by Crippen LogP contribution is -2.04. The van der Waals surface area contributed by atoms with E-state index in [2.05, 4.69) is 0 Å². The first-order valence-corrected chi connectivity index (χ1v) is 4.10. The minimum Gasteiger partial charge on any atom is -0.396 e. The van der Waals surface area contributed by atoms with E-state index in [9.17, 15) is 4.79 Å². The van der Waals surface area contributed by atoms with Crippen molar-refractivity contribution in [3.8, 4) is 0 Å². The maximum absolute atomic E-state index is 10.7. The van der Waals surface area contributed by atoms with Crippen LogP contribution in [0.2, 0.25) is 0 Å². The summed E-state index contributed by atoms with van der Waals surface area (Å²) < 4.78 is 1.94. The van der Waals surface area contributed by atoms with Crippen molar-refractivity contribution in [1.82, 2.24) is 4.57 Å². The largest absolute Gasteiger partial charge is 0.396 e. The SMILES string of the molecule is O=c1ccn(CCCCO)cc1. The molecule has 0 amide bonds. The number of nitrogens with zero attached hydrogens (tertiary/aromatic N) is 1. The van der Waals surface area contributed by atoms with Crippen LogP contribution in [0.1, 0.15) is 12.8 Å². The number of aromatic nitrogens is 1. The Balaban J connectivity index is 2.42. The first-order valence-electron chi connectivity index (χ1n) is 4.10. The van der Waals surface area contributed by atoms with Gasteiger partial charge >= 0.3 is 0 Å². The number of hydrogen-bond donors (Lipinski definition) is 1. The minimum atomic E-state index is 0.0356. The van der Waals surface area contributed by atoms with Gasteiger partial charge in [-0.25, -0.2) is 0 Å². The maximum atomic E-state index is 10.7. The summed E-state index contributed by atoms with van der Waals surface area (Å²) >= 11 is 0. The lowest BCUT2D eigenvalue weighted by atomic mass is 10.3. The number of hydrogen-bond acceptors (Lipinski definition) is 2. The molecule has 1 N–H and O–H groups in total. The number of aryl methyl sites for hydroxylation is 1. The van der Waals surface area contributed by atoms with Crippen molar-refractivity contribution in [3.63, 3.8) is 0 Å². The summed E-state index contributed by atoms with van der Waals surface area (Å²) in [6.07, 6.45) is 5.28. The van der Waals surface area contributed by atoms with Crippen LogP contribution >= 0.6 is 0 Å². The lowest BCUT2D eigenvalue weighted by molar-refractivity contribution is 0.281. The molecule has 1 aromatic heterocycles. The fraction of sp³-hybridized carbons (Fsp3) is 0.444. The fourth-order valence-corrected chi connectivity index (χ4v) is 0.999. The second kappa shape index (κ2) is 4.72. The van der Waals surface area contributed by atoms with E-state index in [-0.39, 0.29) is 12.0 Å². The van der Waals surface area contributed by atoms with Crippen LogP contribution in [0.3, 0.4) is 0 Å². The average molecular weight is 167 g/mol. The molecule has 0 fully saturated rings. The van der Waals surface area contributed by atoms with E-state index in [1.807, 2.05) is 4.57 Å². The Bertz CT molecular complexity index is 260. The Morgan fingerprint density at radius 2 is 1.92 bits per heavy atom. The number of aliphatic hydroxyl groups is 1. The van der Waals surface area contributed by atoms with Gasteiger partial charge in [0.1, 0.15) is 0 Å². The van der Waals surface area contributed by atoms with Crippen LogP contribution in [0.25, 0.3) is 0 Å². The Morgan fingerprint density at radius 3 is 2.50 bits per heavy atom. The van der Waals surface area contributed by atoms with Crippen LogP contribution in [0, 0.1) is 0 Å². The van der Waals surface area contributed by atoms with Gasteiger partial charge in [0.25, 0.3) is 0 Å². The molecule has 0 atom stereocenters. The van der Waals surface area contributed by atoms with Gasteiger partial charge in [0.2, 0.25) is 0 Å². The second-order valence-electron chi connectivity index (χ2n) is 2.70. The highest BCUT2D eigenvalue weighted by atomic mass is 16.2. The zero-order valence-corrected chi connectivity index (χ0v) is 6.94. The molecule has 0 unspecified atom stereocenters. The summed E-state index contributed by atoms with van der Waals surface area (Å²) in [5, 5.41) is 8.53. The van der Waals surface area contributed by atoms with E-state index in [0.29, 0.717) is 0 Å². The van der Waals surface area contributed by atoms with E-state index < -0.39 is 0 Å². The zero-order valence-electron chi connectivity index (χ0n) is 6.94. The van der Waals surface area contributed by atoms with Crippen LogP contribution in [0.4, 0.5) is 0 Å². The molecule has 1 rings (SSSR count). The molecule has 12 heavy (non-hydrogen) atoms. The molecule has 3 nitrogen and oxygen atoms in total. The molecule has 1 aromatic rings. The highest BCUT2D eigenvalue weighted by Crippen LogP contribution is 1.92. The standard InChI is InChI=1S/C9H13NO2/c11-8-2-1-5-10-6-3-9(12)4-7-10/h3-4,6-7,11H,1-2,5,8H2. The van der Waals surface area contributed by atoms with E-state index >= 15 is 0 Å². The molecule has 1 heterocycles. The van der Waals surface area contributed by atoms with Gasteiger partial charge in [-0.1, -0.05) is 0 Å². The van der Waals surface area contributed by atoms with Crippen molar-refractivity contribution >= 4 is 0 Å². The van der Waals surface area contributed by atoms with Crippen molar-refractivity contribution < 1.29 is 5.11 Å². The van der Waals surface area contributed by atoms with Crippen molar-refractivity contribution in [1.29, 1.82) is 0 Å². The topological polar surface area (TPSA) is 42.2 Å². The quantitative estimate of drug-likeness (QED) is 0.668. The smallest absolute Gasteiger partial charge is 0.181 e. The van der Waals surface area contributed by atoms with Gasteiger partial charge in [0, 0.05) is 37.7 Å². The molecule has 0 aromatic carbocycles. The molecule has 0 spiro atoms. The summed E-state index contributed by atoms with van der Waals surface area (Å²) in [6.45, 7) is 1.10. The molecule has 0 aliphatic rings. The van der Waals surface area contributed by atoms with Crippen LogP contribution in [0.15, 0.2) is 29.3 Å². The van der Waals surface area contributed by atoms with Gasteiger partial charge in [-0.05, 0) is 12.8 Å². The summed E-state index contributed by atoms with van der Waals surface area (Å²) in [7, 11) is 0. The van der Waals surface area contributed by atoms with Gasteiger partial charge in [0.15, 0.2) is 5.43 Å². The van der Waals surface area contributed by atoms with Gasteiger partial charge in [-0.2, -0.15) is 0 Å². The third-order valence-corrected chi connectivity index (χ3v) is 1.68. The molecule has 0 saturated carbocycles. The second-order valence-corrected chi connectivity index (χ2v) is 2.70. The summed E-state index contributed by atoms with van der Waals surface area (Å²) in [5.74, 6) is 0. The van der Waals surface area contributed by atoms with E-state index in [1.54, 1.807) is 24.5 Å². The van der Waals surface area contributed by atoms with Crippen molar-refractivity contribution in [2.75, 3.05) is 6.61 Å². The van der Waals surface area contributed by atoms with Crippen molar-refractivity contribution in [2.24, 2.45) is 0 Å². The molecule has 3 heteroatoms. The van der Waals surface area contributed by atoms with Gasteiger partial charge < -0.3 is 9.67 Å². The van der Waals surface area contributed by atoms with Crippen LogP contribution < -0.4 is 5.43 Å². The lowest BCUT2D eigenvalue weighted by Gasteiger charge is -2.03. The predicted octanol–water partition coefficient (Wildman–Crippen LogP) is 0.621. The van der Waals surface area contributed by atoms with Gasteiger partial charge in [-0.15, -0.1) is 0 Å². The molecule has 0 bridgehead atoms. The highest BCUT2D eigenvalue weighted by Gasteiger charge is 1.88. The van der Waals surface area contributed by atoms with Crippen LogP contribution in [0.5, 0.6) is 0 Å². The molecule has 0 radical (unpaired) electrons. The predicted molar refractivity (Wildman–Crippen MR) is 47.0 cm³/mol. The van der Waals surface area contributed by atoms with Crippen LogP contribution in [-0.4, -0.2) is 16.3 Å². The van der Waals surface area contributed by atoms with Crippen molar-refractivity contribution in [2.45, 2.75) is 19.4 Å². The molecular weight excluding hydrogens is 154 g/mol. The van der Waals surface area contributed by atoms with E-state index in [1.165, 1.54) is 0 Å². The molecular formula is C9H13NO2. The molecule has 0 aliphatic carbocycles. The Labute approximate surface area is 71.3 Å². The summed E-state index contributed by atoms with van der Waals surface area (Å²) in [4.78, 5) is 10.7.